The second kappa shape index (κ2) is 8.92. The van der Waals surface area contributed by atoms with Crippen molar-refractivity contribution in [1.29, 1.82) is 0 Å². The summed E-state index contributed by atoms with van der Waals surface area (Å²) in [5.41, 5.74) is 0. The van der Waals surface area contributed by atoms with Gasteiger partial charge in [-0.15, -0.1) is 0 Å². The van der Waals surface area contributed by atoms with Crippen molar-refractivity contribution in [2.24, 2.45) is 23.7 Å². The van der Waals surface area contributed by atoms with E-state index in [1.165, 1.54) is 12.8 Å². The third-order valence-electron chi connectivity index (χ3n) is 4.41. The SMILES string of the molecule is CCCOCC1C(C)CCC(C)C1COCCC. The number of hydrogen-bond acceptors (Lipinski definition) is 2. The minimum atomic E-state index is 0.692. The summed E-state index contributed by atoms with van der Waals surface area (Å²) in [5, 5.41) is 0. The third kappa shape index (κ3) is 4.89. The molecule has 4 unspecified atom stereocenters. The second-order valence-electron chi connectivity index (χ2n) is 6.01. The lowest BCUT2D eigenvalue weighted by Gasteiger charge is -2.40. The van der Waals surface area contributed by atoms with E-state index < -0.39 is 0 Å². The maximum Gasteiger partial charge on any atom is 0.0500 e. The fraction of sp³-hybridized carbons (Fsp3) is 1.00. The summed E-state index contributed by atoms with van der Waals surface area (Å²) >= 11 is 0. The Morgan fingerprint density at radius 1 is 0.778 bits per heavy atom. The highest BCUT2D eigenvalue weighted by Crippen LogP contribution is 2.39. The molecule has 2 heteroatoms. The lowest BCUT2D eigenvalue weighted by molar-refractivity contribution is -0.0292. The Morgan fingerprint density at radius 3 is 1.50 bits per heavy atom. The van der Waals surface area contributed by atoms with E-state index >= 15 is 0 Å². The van der Waals surface area contributed by atoms with Crippen LogP contribution in [-0.2, 0) is 9.47 Å². The zero-order valence-electron chi connectivity index (χ0n) is 12.8. The molecule has 0 aromatic heterocycles. The first-order chi connectivity index (χ1) is 8.70. The van der Waals surface area contributed by atoms with Gasteiger partial charge in [0.25, 0.3) is 0 Å². The van der Waals surface area contributed by atoms with E-state index in [1.807, 2.05) is 0 Å². The van der Waals surface area contributed by atoms with Crippen LogP contribution in [0.3, 0.4) is 0 Å². The molecule has 1 aliphatic rings. The molecular formula is C16H32O2. The highest BCUT2D eigenvalue weighted by atomic mass is 16.5. The molecule has 0 heterocycles. The van der Waals surface area contributed by atoms with E-state index in [2.05, 4.69) is 27.7 Å². The van der Waals surface area contributed by atoms with Crippen molar-refractivity contribution in [3.05, 3.63) is 0 Å². The maximum atomic E-state index is 5.82. The molecule has 18 heavy (non-hydrogen) atoms. The standard InChI is InChI=1S/C16H32O2/c1-5-9-17-11-15-13(3)7-8-14(4)16(15)12-18-10-6-2/h13-16H,5-12H2,1-4H3. The molecule has 1 saturated carbocycles. The van der Waals surface area contributed by atoms with Crippen molar-refractivity contribution >= 4 is 0 Å². The van der Waals surface area contributed by atoms with Crippen LogP contribution in [0.1, 0.15) is 53.4 Å². The minimum absolute atomic E-state index is 0.692. The van der Waals surface area contributed by atoms with Crippen LogP contribution < -0.4 is 0 Å². The van der Waals surface area contributed by atoms with Gasteiger partial charge in [-0.3, -0.25) is 0 Å². The van der Waals surface area contributed by atoms with Gasteiger partial charge in [-0.2, -0.15) is 0 Å². The smallest absolute Gasteiger partial charge is 0.0500 e. The summed E-state index contributed by atoms with van der Waals surface area (Å²) < 4.78 is 11.6. The molecule has 0 N–H and O–H groups in total. The molecule has 0 aliphatic heterocycles. The Kier molecular flexibility index (Phi) is 7.92. The second-order valence-corrected chi connectivity index (χ2v) is 6.01. The summed E-state index contributed by atoms with van der Waals surface area (Å²) in [4.78, 5) is 0. The third-order valence-corrected chi connectivity index (χ3v) is 4.41. The van der Waals surface area contributed by atoms with Crippen LogP contribution in [0.25, 0.3) is 0 Å². The maximum absolute atomic E-state index is 5.82. The summed E-state index contributed by atoms with van der Waals surface area (Å²) in [6, 6.07) is 0. The largest absolute Gasteiger partial charge is 0.381 e. The van der Waals surface area contributed by atoms with Gasteiger partial charge in [0.2, 0.25) is 0 Å². The zero-order chi connectivity index (χ0) is 13.4. The summed E-state index contributed by atoms with van der Waals surface area (Å²) in [7, 11) is 0. The topological polar surface area (TPSA) is 18.5 Å². The first-order valence-electron chi connectivity index (χ1n) is 7.86. The van der Waals surface area contributed by atoms with Crippen molar-refractivity contribution < 1.29 is 9.47 Å². The summed E-state index contributed by atoms with van der Waals surface area (Å²) in [5.74, 6) is 2.95. The fourth-order valence-corrected chi connectivity index (χ4v) is 3.10. The van der Waals surface area contributed by atoms with Crippen LogP contribution in [0.4, 0.5) is 0 Å². The summed E-state index contributed by atoms with van der Waals surface area (Å²) in [6.45, 7) is 12.8. The first kappa shape index (κ1) is 16.0. The van der Waals surface area contributed by atoms with Gasteiger partial charge < -0.3 is 9.47 Å². The first-order valence-corrected chi connectivity index (χ1v) is 7.86. The Balaban J connectivity index is 2.47. The van der Waals surface area contributed by atoms with Gasteiger partial charge in [-0.05, 0) is 36.5 Å². The number of rotatable bonds is 8. The minimum Gasteiger partial charge on any atom is -0.381 e. The molecule has 0 aromatic carbocycles. The van der Waals surface area contributed by atoms with Crippen LogP contribution in [0.5, 0.6) is 0 Å². The molecule has 108 valence electrons. The van der Waals surface area contributed by atoms with Crippen LogP contribution in [0.2, 0.25) is 0 Å². The van der Waals surface area contributed by atoms with Gasteiger partial charge >= 0.3 is 0 Å². The van der Waals surface area contributed by atoms with Gasteiger partial charge in [0.05, 0.1) is 0 Å². The van der Waals surface area contributed by atoms with E-state index in [0.717, 1.165) is 51.1 Å². The average molecular weight is 256 g/mol. The molecule has 0 bridgehead atoms. The van der Waals surface area contributed by atoms with E-state index in [0.29, 0.717) is 11.8 Å². The molecule has 0 aromatic rings. The highest BCUT2D eigenvalue weighted by Gasteiger charge is 2.35. The molecule has 0 amide bonds. The predicted molar refractivity (Wildman–Crippen MR) is 76.8 cm³/mol. The molecule has 0 radical (unpaired) electrons. The fourth-order valence-electron chi connectivity index (χ4n) is 3.10. The van der Waals surface area contributed by atoms with Crippen molar-refractivity contribution in [1.82, 2.24) is 0 Å². The monoisotopic (exact) mass is 256 g/mol. The Hall–Kier alpha value is -0.0800. The van der Waals surface area contributed by atoms with Gasteiger partial charge in [0.15, 0.2) is 0 Å². The van der Waals surface area contributed by atoms with E-state index in [-0.39, 0.29) is 0 Å². The molecular weight excluding hydrogens is 224 g/mol. The molecule has 1 fully saturated rings. The van der Waals surface area contributed by atoms with Gasteiger partial charge in [-0.1, -0.05) is 40.5 Å². The highest BCUT2D eigenvalue weighted by molar-refractivity contribution is 4.84. The van der Waals surface area contributed by atoms with Crippen LogP contribution in [-0.4, -0.2) is 26.4 Å². The Labute approximate surface area is 113 Å². The van der Waals surface area contributed by atoms with Crippen molar-refractivity contribution in [3.63, 3.8) is 0 Å². The van der Waals surface area contributed by atoms with E-state index in [9.17, 15) is 0 Å². The quantitative estimate of drug-likeness (QED) is 0.608. The van der Waals surface area contributed by atoms with Crippen molar-refractivity contribution in [2.45, 2.75) is 53.4 Å². The predicted octanol–water partition coefficient (Wildman–Crippen LogP) is 4.14. The molecule has 2 nitrogen and oxygen atoms in total. The molecule has 1 aliphatic carbocycles. The Morgan fingerprint density at radius 2 is 1.17 bits per heavy atom. The lowest BCUT2D eigenvalue weighted by atomic mass is 9.68. The van der Waals surface area contributed by atoms with Crippen LogP contribution >= 0.6 is 0 Å². The van der Waals surface area contributed by atoms with Gasteiger partial charge in [-0.25, -0.2) is 0 Å². The van der Waals surface area contributed by atoms with Crippen LogP contribution in [0.15, 0.2) is 0 Å². The normalized spacial score (nSPS) is 32.7. The molecule has 0 spiro atoms. The molecule has 4 atom stereocenters. The van der Waals surface area contributed by atoms with E-state index in [4.69, 9.17) is 9.47 Å². The van der Waals surface area contributed by atoms with Crippen molar-refractivity contribution in [2.75, 3.05) is 26.4 Å². The van der Waals surface area contributed by atoms with Crippen LogP contribution in [0, 0.1) is 23.7 Å². The summed E-state index contributed by atoms with van der Waals surface area (Å²) in [6.07, 6.45) is 4.94. The number of hydrogen-bond donors (Lipinski definition) is 0. The molecule has 1 rings (SSSR count). The Bertz CT molecular complexity index is 183. The van der Waals surface area contributed by atoms with Gasteiger partial charge in [0, 0.05) is 26.4 Å². The average Bonchev–Trinajstić information content (AvgIpc) is 2.36. The lowest BCUT2D eigenvalue weighted by Crippen LogP contribution is -2.38. The number of ether oxygens (including phenoxy) is 2. The van der Waals surface area contributed by atoms with E-state index in [1.54, 1.807) is 0 Å². The van der Waals surface area contributed by atoms with Gasteiger partial charge in [0.1, 0.15) is 0 Å². The molecule has 0 saturated heterocycles. The van der Waals surface area contributed by atoms with Crippen molar-refractivity contribution in [3.8, 4) is 0 Å². The zero-order valence-corrected chi connectivity index (χ0v) is 12.8.